The minimum atomic E-state index is -1.00. The highest BCUT2D eigenvalue weighted by Crippen LogP contribution is 2.51. The summed E-state index contributed by atoms with van der Waals surface area (Å²) < 4.78 is 23.2. The van der Waals surface area contributed by atoms with Gasteiger partial charge in [-0.25, -0.2) is 4.79 Å². The summed E-state index contributed by atoms with van der Waals surface area (Å²) in [5.41, 5.74) is 2.13. The van der Waals surface area contributed by atoms with Crippen molar-refractivity contribution in [3.05, 3.63) is 41.5 Å². The van der Waals surface area contributed by atoms with E-state index in [1.807, 2.05) is 18.2 Å². The van der Waals surface area contributed by atoms with Crippen molar-refractivity contribution in [3.63, 3.8) is 0 Å². The number of esters is 1. The number of fused-ring (bicyclic) bond motifs is 1. The molecule has 1 aliphatic heterocycles. The third-order valence-electron chi connectivity index (χ3n) is 6.34. The van der Waals surface area contributed by atoms with Crippen molar-refractivity contribution in [2.24, 2.45) is 0 Å². The number of amides is 1. The van der Waals surface area contributed by atoms with Crippen molar-refractivity contribution in [1.82, 2.24) is 5.32 Å². The molecule has 7 heteroatoms. The fourth-order valence-corrected chi connectivity index (χ4v) is 4.12. The van der Waals surface area contributed by atoms with Gasteiger partial charge < -0.3 is 24.3 Å². The highest BCUT2D eigenvalue weighted by Gasteiger charge is 2.56. The second kappa shape index (κ2) is 7.48. The van der Waals surface area contributed by atoms with Crippen molar-refractivity contribution >= 4 is 11.9 Å². The molecule has 7 nitrogen and oxygen atoms in total. The van der Waals surface area contributed by atoms with Crippen molar-refractivity contribution < 1.29 is 28.5 Å². The standard InChI is InChI=1S/C24H25NO6/c1-28-19-10-9-16(15-7-4-8-17-18(15)13-25-22(17)26)20(21(19)29-2)31-24(11-12-24)23(27)30-14-5-3-6-14/h4,7-10,14H,3,5-6,11-13H2,1-2H3,(H,25,26). The fourth-order valence-electron chi connectivity index (χ4n) is 4.12. The Morgan fingerprint density at radius 3 is 2.42 bits per heavy atom. The summed E-state index contributed by atoms with van der Waals surface area (Å²) in [4.78, 5) is 25.1. The quantitative estimate of drug-likeness (QED) is 0.685. The average Bonchev–Trinajstić information content (AvgIpc) is 3.45. The predicted molar refractivity (Wildman–Crippen MR) is 112 cm³/mol. The van der Waals surface area contributed by atoms with E-state index < -0.39 is 5.60 Å². The summed E-state index contributed by atoms with van der Waals surface area (Å²) in [6.45, 7) is 0.437. The third kappa shape index (κ3) is 3.28. The lowest BCUT2D eigenvalue weighted by Gasteiger charge is -2.28. The number of carbonyl (C=O) groups is 2. The predicted octanol–water partition coefficient (Wildman–Crippen LogP) is 3.62. The van der Waals surface area contributed by atoms with Gasteiger partial charge in [0.15, 0.2) is 11.5 Å². The minimum Gasteiger partial charge on any atom is -0.493 e. The largest absolute Gasteiger partial charge is 0.493 e. The molecule has 1 heterocycles. The van der Waals surface area contributed by atoms with Crippen LogP contribution < -0.4 is 19.5 Å². The van der Waals surface area contributed by atoms with E-state index in [1.165, 1.54) is 0 Å². The van der Waals surface area contributed by atoms with Crippen molar-refractivity contribution in [2.45, 2.75) is 50.4 Å². The highest BCUT2D eigenvalue weighted by molar-refractivity contribution is 6.01. The number of nitrogens with one attached hydrogen (secondary N) is 1. The summed E-state index contributed by atoms with van der Waals surface area (Å²) in [5.74, 6) is 0.937. The second-order valence-corrected chi connectivity index (χ2v) is 8.25. The van der Waals surface area contributed by atoms with Crippen LogP contribution in [0.15, 0.2) is 30.3 Å². The van der Waals surface area contributed by atoms with Crippen LogP contribution in [0.3, 0.4) is 0 Å². The molecule has 2 fully saturated rings. The third-order valence-corrected chi connectivity index (χ3v) is 6.34. The van der Waals surface area contributed by atoms with Crippen molar-refractivity contribution in [3.8, 4) is 28.4 Å². The smallest absolute Gasteiger partial charge is 0.350 e. The Hall–Kier alpha value is -3.22. The molecular formula is C24H25NO6. The van der Waals surface area contributed by atoms with Crippen LogP contribution in [0.4, 0.5) is 0 Å². The van der Waals surface area contributed by atoms with Gasteiger partial charge in [-0.3, -0.25) is 4.79 Å². The molecule has 31 heavy (non-hydrogen) atoms. The van der Waals surface area contributed by atoms with Crippen LogP contribution >= 0.6 is 0 Å². The van der Waals surface area contributed by atoms with Crippen LogP contribution in [0, 0.1) is 0 Å². The molecule has 2 saturated carbocycles. The minimum absolute atomic E-state index is 0.00488. The maximum Gasteiger partial charge on any atom is 0.350 e. The van der Waals surface area contributed by atoms with E-state index in [9.17, 15) is 9.59 Å². The molecule has 0 bridgehead atoms. The van der Waals surface area contributed by atoms with Crippen molar-refractivity contribution in [1.29, 1.82) is 0 Å². The molecule has 0 aromatic heterocycles. The SMILES string of the molecule is COc1ccc(-c2cccc3c2CNC3=O)c(OC2(C(=O)OC3CCC3)CC2)c1OC. The molecule has 2 aromatic rings. The van der Waals surface area contributed by atoms with Crippen LogP contribution in [-0.2, 0) is 16.1 Å². The average molecular weight is 423 g/mol. The van der Waals surface area contributed by atoms with Gasteiger partial charge in [0.25, 0.3) is 5.91 Å². The second-order valence-electron chi connectivity index (χ2n) is 8.25. The number of hydrogen-bond acceptors (Lipinski definition) is 6. The molecule has 162 valence electrons. The Morgan fingerprint density at radius 2 is 1.77 bits per heavy atom. The Kier molecular flexibility index (Phi) is 4.76. The summed E-state index contributed by atoms with van der Waals surface area (Å²) in [5, 5.41) is 2.87. The maximum absolute atomic E-state index is 12.9. The lowest BCUT2D eigenvalue weighted by Crippen LogP contribution is -2.37. The zero-order chi connectivity index (χ0) is 21.6. The normalized spacial score (nSPS) is 18.5. The fraction of sp³-hybridized carbons (Fsp3) is 0.417. The van der Waals surface area contributed by atoms with Gasteiger partial charge in [0.1, 0.15) is 6.10 Å². The number of hydrogen-bond donors (Lipinski definition) is 1. The van der Waals surface area contributed by atoms with Gasteiger partial charge in [0.05, 0.1) is 14.2 Å². The molecular weight excluding hydrogens is 398 g/mol. The molecule has 0 spiro atoms. The molecule has 0 atom stereocenters. The van der Waals surface area contributed by atoms with Crippen LogP contribution in [-0.4, -0.2) is 37.8 Å². The van der Waals surface area contributed by atoms with E-state index in [2.05, 4.69) is 5.32 Å². The maximum atomic E-state index is 12.9. The number of ether oxygens (including phenoxy) is 4. The molecule has 0 radical (unpaired) electrons. The zero-order valence-electron chi connectivity index (χ0n) is 17.7. The van der Waals surface area contributed by atoms with Crippen LogP contribution in [0.2, 0.25) is 0 Å². The Balaban J connectivity index is 1.58. The number of carbonyl (C=O) groups excluding carboxylic acids is 2. The lowest BCUT2D eigenvalue weighted by molar-refractivity contribution is -0.163. The van der Waals surface area contributed by atoms with Crippen LogP contribution in [0.1, 0.15) is 48.0 Å². The summed E-state index contributed by atoms with van der Waals surface area (Å²) >= 11 is 0. The van der Waals surface area contributed by atoms with Crippen molar-refractivity contribution in [2.75, 3.05) is 14.2 Å². The van der Waals surface area contributed by atoms with Crippen LogP contribution in [0.25, 0.3) is 11.1 Å². The van der Waals surface area contributed by atoms with Crippen LogP contribution in [0.5, 0.6) is 17.2 Å². The first-order valence-electron chi connectivity index (χ1n) is 10.6. The van der Waals surface area contributed by atoms with Gasteiger partial charge in [0, 0.05) is 30.5 Å². The monoisotopic (exact) mass is 423 g/mol. The molecule has 2 aliphatic carbocycles. The van der Waals surface area contributed by atoms with E-state index in [-0.39, 0.29) is 18.0 Å². The van der Waals surface area contributed by atoms with E-state index in [4.69, 9.17) is 18.9 Å². The molecule has 0 unspecified atom stereocenters. The Labute approximate surface area is 180 Å². The Bertz CT molecular complexity index is 1050. The van der Waals surface area contributed by atoms with Gasteiger partial charge in [0.2, 0.25) is 11.4 Å². The first-order valence-corrected chi connectivity index (χ1v) is 10.6. The highest BCUT2D eigenvalue weighted by atomic mass is 16.6. The number of methoxy groups -OCH3 is 2. The molecule has 5 rings (SSSR count). The topological polar surface area (TPSA) is 83.1 Å². The van der Waals surface area contributed by atoms with Gasteiger partial charge in [-0.2, -0.15) is 0 Å². The molecule has 1 amide bonds. The van der Waals surface area contributed by atoms with E-state index in [1.54, 1.807) is 26.4 Å². The first-order chi connectivity index (χ1) is 15.1. The van der Waals surface area contributed by atoms with E-state index >= 15 is 0 Å². The zero-order valence-corrected chi connectivity index (χ0v) is 17.7. The van der Waals surface area contributed by atoms with Gasteiger partial charge in [-0.1, -0.05) is 12.1 Å². The van der Waals surface area contributed by atoms with E-state index in [0.717, 1.165) is 36.0 Å². The molecule has 1 N–H and O–H groups in total. The summed E-state index contributed by atoms with van der Waals surface area (Å²) in [6, 6.07) is 9.27. The first kappa shape index (κ1) is 19.7. The Morgan fingerprint density at radius 1 is 1.00 bits per heavy atom. The number of rotatable bonds is 7. The number of benzene rings is 2. The molecule has 3 aliphatic rings. The lowest BCUT2D eigenvalue weighted by atomic mass is 9.95. The van der Waals surface area contributed by atoms with E-state index in [0.29, 0.717) is 42.2 Å². The van der Waals surface area contributed by atoms with Gasteiger partial charge in [-0.05, 0) is 48.6 Å². The van der Waals surface area contributed by atoms with Gasteiger partial charge >= 0.3 is 5.97 Å². The van der Waals surface area contributed by atoms with Gasteiger partial charge in [-0.15, -0.1) is 0 Å². The molecule has 2 aromatic carbocycles. The summed E-state index contributed by atoms with van der Waals surface area (Å²) in [6.07, 6.45) is 4.08. The summed E-state index contributed by atoms with van der Waals surface area (Å²) in [7, 11) is 3.10. The molecule has 0 saturated heterocycles.